The molecule has 5 aliphatic rings. The molecule has 0 amide bonds. The van der Waals surface area contributed by atoms with Crippen LogP contribution in [0.5, 0.6) is 0 Å². The molecule has 352 valence electrons. The monoisotopic (exact) mass is 923 g/mol. The first kappa shape index (κ1) is 44.4. The van der Waals surface area contributed by atoms with Gasteiger partial charge in [-0.05, 0) is 186 Å². The summed E-state index contributed by atoms with van der Waals surface area (Å²) in [5.74, 6) is 0. The number of rotatable bonds is 4. The van der Waals surface area contributed by atoms with Crippen molar-refractivity contribution >= 4 is 46.2 Å². The fraction of sp³-hybridized carbons (Fsp3) is 0.294. The van der Waals surface area contributed by atoms with Crippen LogP contribution in [-0.2, 0) is 27.1 Å². The summed E-state index contributed by atoms with van der Waals surface area (Å²) >= 11 is 0. The summed E-state index contributed by atoms with van der Waals surface area (Å²) in [4.78, 5) is 5.51. The Balaban J connectivity index is 1.20. The molecular formula is C68H67BN2. The maximum absolute atomic E-state index is 2.77. The van der Waals surface area contributed by atoms with E-state index in [2.05, 4.69) is 244 Å². The van der Waals surface area contributed by atoms with Crippen LogP contribution in [0.1, 0.15) is 134 Å². The van der Waals surface area contributed by atoms with E-state index in [9.17, 15) is 0 Å². The molecule has 0 bridgehead atoms. The summed E-state index contributed by atoms with van der Waals surface area (Å²) in [6, 6.07) is 61.2. The van der Waals surface area contributed by atoms with Crippen molar-refractivity contribution in [1.82, 2.24) is 0 Å². The highest BCUT2D eigenvalue weighted by Crippen LogP contribution is 2.59. The average molecular weight is 923 g/mol. The molecule has 71 heavy (non-hydrogen) atoms. The lowest BCUT2D eigenvalue weighted by molar-refractivity contribution is 0.331. The normalized spacial score (nSPS) is 18.6. The second-order valence-electron chi connectivity index (χ2n) is 25.1. The second kappa shape index (κ2) is 15.0. The van der Waals surface area contributed by atoms with Gasteiger partial charge in [-0.15, -0.1) is 0 Å². The Morgan fingerprint density at radius 3 is 1.52 bits per heavy atom. The van der Waals surface area contributed by atoms with E-state index in [1.165, 1.54) is 136 Å². The molecule has 0 spiro atoms. The minimum Gasteiger partial charge on any atom is -0.376 e. The number of anilines is 5. The molecule has 2 nitrogen and oxygen atoms in total. The van der Waals surface area contributed by atoms with Gasteiger partial charge in [0.05, 0.1) is 0 Å². The molecule has 0 saturated heterocycles. The molecule has 2 aliphatic heterocycles. The summed E-state index contributed by atoms with van der Waals surface area (Å²) in [7, 11) is 0. The van der Waals surface area contributed by atoms with Crippen LogP contribution in [0.2, 0.25) is 0 Å². The quantitative estimate of drug-likeness (QED) is 0.162. The Hall–Kier alpha value is -6.58. The highest BCUT2D eigenvalue weighted by molar-refractivity contribution is 6.93. The van der Waals surface area contributed by atoms with Gasteiger partial charge in [-0.3, -0.25) is 0 Å². The molecule has 3 heteroatoms. The first-order valence-corrected chi connectivity index (χ1v) is 26.5. The molecule has 0 atom stereocenters. The number of aryl methyl sites for hydroxylation is 1. The zero-order valence-corrected chi connectivity index (χ0v) is 43.8. The first-order valence-electron chi connectivity index (χ1n) is 26.5. The van der Waals surface area contributed by atoms with Crippen molar-refractivity contribution in [2.45, 2.75) is 129 Å². The van der Waals surface area contributed by atoms with E-state index in [4.69, 9.17) is 0 Å². The minimum atomic E-state index is -0.245. The van der Waals surface area contributed by atoms with Crippen molar-refractivity contribution in [3.05, 3.63) is 197 Å². The van der Waals surface area contributed by atoms with Crippen LogP contribution in [0.3, 0.4) is 0 Å². The molecule has 8 aromatic carbocycles. The largest absolute Gasteiger partial charge is 0.376 e. The van der Waals surface area contributed by atoms with E-state index in [1.54, 1.807) is 0 Å². The molecule has 0 radical (unpaired) electrons. The molecular weight excluding hydrogens is 856 g/mol. The number of hydrogen-bond donors (Lipinski definition) is 0. The van der Waals surface area contributed by atoms with Crippen molar-refractivity contribution in [2.24, 2.45) is 0 Å². The fourth-order valence-corrected chi connectivity index (χ4v) is 14.1. The van der Waals surface area contributed by atoms with Gasteiger partial charge in [0.1, 0.15) is 0 Å². The van der Waals surface area contributed by atoms with Crippen LogP contribution in [0.25, 0.3) is 44.5 Å². The summed E-state index contributed by atoms with van der Waals surface area (Å²) in [5, 5.41) is 0. The molecule has 13 rings (SSSR count). The Morgan fingerprint density at radius 1 is 0.394 bits per heavy atom. The van der Waals surface area contributed by atoms with Crippen LogP contribution in [0, 0.1) is 6.92 Å². The van der Waals surface area contributed by atoms with Gasteiger partial charge in [-0.2, -0.15) is 0 Å². The van der Waals surface area contributed by atoms with Crippen LogP contribution in [-0.4, -0.2) is 6.85 Å². The fourth-order valence-electron chi connectivity index (χ4n) is 14.1. The van der Waals surface area contributed by atoms with Crippen molar-refractivity contribution in [1.29, 1.82) is 0 Å². The summed E-state index contributed by atoms with van der Waals surface area (Å²) in [6.45, 7) is 27.2. The maximum Gasteiger partial charge on any atom is 0.333 e. The van der Waals surface area contributed by atoms with Crippen LogP contribution in [0.15, 0.2) is 158 Å². The predicted molar refractivity (Wildman–Crippen MR) is 304 cm³/mol. The maximum atomic E-state index is 2.77. The van der Waals surface area contributed by atoms with Crippen molar-refractivity contribution in [3.63, 3.8) is 0 Å². The predicted octanol–water partition coefficient (Wildman–Crippen LogP) is 17.0. The van der Waals surface area contributed by atoms with Gasteiger partial charge in [0.25, 0.3) is 0 Å². The Morgan fingerprint density at radius 2 is 0.901 bits per heavy atom. The molecule has 0 fully saturated rings. The van der Waals surface area contributed by atoms with Crippen LogP contribution >= 0.6 is 0 Å². The third-order valence-electron chi connectivity index (χ3n) is 18.5. The van der Waals surface area contributed by atoms with E-state index in [0.717, 1.165) is 12.8 Å². The second-order valence-corrected chi connectivity index (χ2v) is 25.1. The van der Waals surface area contributed by atoms with E-state index < -0.39 is 0 Å². The zero-order valence-electron chi connectivity index (χ0n) is 43.8. The van der Waals surface area contributed by atoms with E-state index >= 15 is 0 Å². The molecule has 0 aromatic heterocycles. The Bertz CT molecular complexity index is 3520. The van der Waals surface area contributed by atoms with E-state index in [0.29, 0.717) is 0 Å². The van der Waals surface area contributed by atoms with Gasteiger partial charge in [0, 0.05) is 39.4 Å². The number of nitrogens with zero attached hydrogens (tertiary/aromatic N) is 2. The minimum absolute atomic E-state index is 0.0199. The van der Waals surface area contributed by atoms with Crippen LogP contribution in [0.4, 0.5) is 28.4 Å². The Kier molecular flexibility index (Phi) is 9.37. The van der Waals surface area contributed by atoms with Gasteiger partial charge in [0.15, 0.2) is 0 Å². The van der Waals surface area contributed by atoms with Gasteiger partial charge < -0.3 is 9.71 Å². The molecule has 0 saturated carbocycles. The number of benzene rings is 8. The standard InChI is InChI=1S/C68H67BN2/c1-42-36-52-54(66(6,7)34-32-64(52,2)3)40-58(42)70-59-41-55-53(65(4,5)33-35-67(55,8)9)39-56(59)69-63-60(70)38-49-48-24-18-19-25-51(48)68(10,11)62(49)61(63)50-37-46(44-22-16-13-17-23-44)28-31-57(50)71(69)47-29-26-45(27-30-47)43-20-14-12-15-21-43/h12-31,36-41H,32-35H2,1-11H3. The topological polar surface area (TPSA) is 6.48 Å². The molecule has 3 aliphatic carbocycles. The smallest absolute Gasteiger partial charge is 0.333 e. The summed E-state index contributed by atoms with van der Waals surface area (Å²) in [6.07, 6.45) is 4.68. The first-order chi connectivity index (χ1) is 33.9. The highest BCUT2D eigenvalue weighted by atomic mass is 15.2. The summed E-state index contributed by atoms with van der Waals surface area (Å²) < 4.78 is 0. The summed E-state index contributed by atoms with van der Waals surface area (Å²) in [5.41, 5.74) is 29.7. The SMILES string of the molecule is Cc1cc2c(cc1N1c3cc4c(cc3B3c5c1cc1c(c5-c5cc(-c6ccccc6)ccc5N3c3ccc(-c5ccccc5)cc3)C(C)(C)c3ccccc3-1)C(C)(C)CCC4(C)C)C(C)(C)CCC2(C)C. The molecule has 0 N–H and O–H groups in total. The third kappa shape index (κ3) is 6.40. The van der Waals surface area contributed by atoms with Gasteiger partial charge >= 0.3 is 6.85 Å². The van der Waals surface area contributed by atoms with Crippen molar-refractivity contribution in [2.75, 3.05) is 9.71 Å². The lowest BCUT2D eigenvalue weighted by Gasteiger charge is -2.50. The van der Waals surface area contributed by atoms with Crippen molar-refractivity contribution < 1.29 is 0 Å². The molecule has 2 heterocycles. The molecule has 0 unspecified atom stereocenters. The number of hydrogen-bond acceptors (Lipinski definition) is 2. The average Bonchev–Trinajstić information content (AvgIpc) is 3.60. The Labute approximate surface area is 423 Å². The van der Waals surface area contributed by atoms with E-state index in [1.807, 2.05) is 0 Å². The van der Waals surface area contributed by atoms with Gasteiger partial charge in [0.2, 0.25) is 0 Å². The van der Waals surface area contributed by atoms with E-state index in [-0.39, 0.29) is 33.9 Å². The van der Waals surface area contributed by atoms with Gasteiger partial charge in [-0.25, -0.2) is 0 Å². The lowest BCUT2D eigenvalue weighted by Crippen LogP contribution is -2.62. The highest BCUT2D eigenvalue weighted by Gasteiger charge is 2.52. The lowest BCUT2D eigenvalue weighted by atomic mass is 9.42. The van der Waals surface area contributed by atoms with Crippen LogP contribution < -0.4 is 20.6 Å². The molecule has 8 aromatic rings. The third-order valence-corrected chi connectivity index (χ3v) is 18.5. The number of fused-ring (bicyclic) bond motifs is 10. The van der Waals surface area contributed by atoms with Gasteiger partial charge in [-0.1, -0.05) is 184 Å². The zero-order chi connectivity index (χ0) is 49.1. The van der Waals surface area contributed by atoms with Crippen molar-refractivity contribution in [3.8, 4) is 44.5 Å².